The van der Waals surface area contributed by atoms with E-state index in [1.165, 1.54) is 25.3 Å². The lowest BCUT2D eigenvalue weighted by Gasteiger charge is -2.19. The average Bonchev–Trinajstić information content (AvgIpc) is 3.33. The maximum atomic E-state index is 12.6. The molecule has 6 atom stereocenters. The maximum absolute atomic E-state index is 12.6. The maximum Gasteiger partial charge on any atom is 0.488 e. The summed E-state index contributed by atoms with van der Waals surface area (Å²) in [4.78, 5) is 74.9. The molecule has 0 aliphatic carbocycles. The number of nitrogens with zero attached hydrogens (tertiary/aromatic N) is 1. The number of amides is 4. The van der Waals surface area contributed by atoms with Gasteiger partial charge in [0.05, 0.1) is 18.7 Å². The number of unbranched alkanes of at least 4 members (excludes halogenated alkanes) is 1. The molecule has 2 heterocycles. The molecule has 48 heavy (non-hydrogen) atoms. The molecule has 1 aliphatic heterocycles. The number of nitrogens with one attached hydrogen (secondary N) is 4. The number of primary amides is 1. The van der Waals surface area contributed by atoms with Gasteiger partial charge in [-0.3, -0.25) is 33.5 Å². The lowest BCUT2D eigenvalue weighted by molar-refractivity contribution is -0.129. The Labute approximate surface area is 273 Å². The van der Waals surface area contributed by atoms with E-state index in [0.29, 0.717) is 12.8 Å². The Bertz CT molecular complexity index is 1570. The molecule has 20 heteroatoms. The normalized spacial score (nSPS) is 20.0. The molecule has 12 N–H and O–H groups in total. The highest BCUT2D eigenvalue weighted by Crippen LogP contribution is 2.27. The summed E-state index contributed by atoms with van der Waals surface area (Å²) in [5.41, 5.74) is 10.1. The molecule has 1 aromatic carbocycles. The van der Waals surface area contributed by atoms with E-state index in [1.54, 1.807) is 0 Å². The zero-order valence-electron chi connectivity index (χ0n) is 26.0. The number of aliphatic hydroxyl groups excluding tert-OH is 2. The summed E-state index contributed by atoms with van der Waals surface area (Å²) >= 11 is 0. The van der Waals surface area contributed by atoms with Gasteiger partial charge < -0.3 is 57.2 Å². The van der Waals surface area contributed by atoms with Crippen molar-refractivity contribution in [2.75, 3.05) is 20.2 Å². The minimum Gasteiger partial charge on any atom is -0.496 e. The van der Waals surface area contributed by atoms with Crippen molar-refractivity contribution in [2.24, 2.45) is 11.5 Å². The third-order valence-electron chi connectivity index (χ3n) is 7.61. The van der Waals surface area contributed by atoms with Crippen LogP contribution in [0.4, 0.5) is 0 Å². The second-order valence-electron chi connectivity index (χ2n) is 11.1. The van der Waals surface area contributed by atoms with E-state index in [2.05, 4.69) is 16.0 Å². The number of methoxy groups -OCH3 is 1. The summed E-state index contributed by atoms with van der Waals surface area (Å²) in [6.07, 6.45) is -3.72. The summed E-state index contributed by atoms with van der Waals surface area (Å²) < 4.78 is 11.6. The fourth-order valence-corrected chi connectivity index (χ4v) is 4.88. The molecule has 4 amide bonds. The Hall–Kier alpha value is -4.60. The number of ether oxygens (including phenoxy) is 2. The summed E-state index contributed by atoms with van der Waals surface area (Å²) in [5.74, 6) is -2.41. The molecule has 0 radical (unpaired) electrons. The van der Waals surface area contributed by atoms with E-state index in [4.69, 9.17) is 20.9 Å². The number of aromatic nitrogens is 2. The summed E-state index contributed by atoms with van der Waals surface area (Å²) in [7, 11) is -0.389. The highest BCUT2D eigenvalue weighted by molar-refractivity contribution is 6.58. The number of hydrogen-bond acceptors (Lipinski definition) is 13. The second-order valence-corrected chi connectivity index (χ2v) is 11.1. The van der Waals surface area contributed by atoms with Gasteiger partial charge in [-0.2, -0.15) is 0 Å². The molecule has 1 saturated heterocycles. The number of nitrogens with two attached hydrogens (primary N) is 2. The number of H-pyrrole nitrogens is 1. The van der Waals surface area contributed by atoms with Crippen LogP contribution in [0.2, 0.25) is 0 Å². The Morgan fingerprint density at radius 2 is 1.81 bits per heavy atom. The van der Waals surface area contributed by atoms with Gasteiger partial charge in [0.1, 0.15) is 30.1 Å². The quantitative estimate of drug-likeness (QED) is 0.0553. The molecular formula is C28H40BN7O12. The first-order valence-corrected chi connectivity index (χ1v) is 15.0. The molecule has 1 fully saturated rings. The van der Waals surface area contributed by atoms with E-state index in [1.807, 2.05) is 4.98 Å². The van der Waals surface area contributed by atoms with Crippen molar-refractivity contribution in [1.82, 2.24) is 25.5 Å². The van der Waals surface area contributed by atoms with Crippen LogP contribution < -0.4 is 48.9 Å². The lowest BCUT2D eigenvalue weighted by atomic mass is 9.79. The molecule has 2 aromatic rings. The molecule has 3 rings (SSSR count). The minimum absolute atomic E-state index is 0.114. The van der Waals surface area contributed by atoms with Crippen molar-refractivity contribution in [3.8, 4) is 5.75 Å². The van der Waals surface area contributed by atoms with Gasteiger partial charge in [-0.05, 0) is 43.3 Å². The molecule has 1 aliphatic rings. The van der Waals surface area contributed by atoms with Crippen LogP contribution in [0.3, 0.4) is 0 Å². The van der Waals surface area contributed by atoms with Gasteiger partial charge in [-0.25, -0.2) is 4.79 Å². The van der Waals surface area contributed by atoms with Crippen LogP contribution in [0.25, 0.3) is 0 Å². The Balaban J connectivity index is 1.39. The van der Waals surface area contributed by atoms with Gasteiger partial charge in [0.2, 0.25) is 17.7 Å². The molecule has 0 unspecified atom stereocenters. The van der Waals surface area contributed by atoms with Crippen LogP contribution in [0.15, 0.2) is 40.1 Å². The number of aliphatic hydroxyl groups is 2. The summed E-state index contributed by atoms with van der Waals surface area (Å²) in [6, 6.07) is 2.95. The van der Waals surface area contributed by atoms with Gasteiger partial charge in [-0.1, -0.05) is 6.07 Å². The SMILES string of the molecule is COc1ccc(B(O)O)cc1C(=O)NCCCC[C@H](N)C(=O)N[C@@H](CCC(=O)NC[C@H]1O[C@@H](n2ccc(=O)[nH]c2=O)[C@H](O)[C@@H]1O)C(N)=O. The second kappa shape index (κ2) is 17.5. The predicted octanol–water partition coefficient (Wildman–Crippen LogP) is -5.36. The van der Waals surface area contributed by atoms with E-state index >= 15 is 0 Å². The minimum atomic E-state index is -1.76. The largest absolute Gasteiger partial charge is 0.496 e. The predicted molar refractivity (Wildman–Crippen MR) is 168 cm³/mol. The van der Waals surface area contributed by atoms with Crippen molar-refractivity contribution in [3.63, 3.8) is 0 Å². The number of hydrogen-bond donors (Lipinski definition) is 10. The third-order valence-corrected chi connectivity index (χ3v) is 7.61. The van der Waals surface area contributed by atoms with Crippen LogP contribution in [0, 0.1) is 0 Å². The summed E-state index contributed by atoms with van der Waals surface area (Å²) in [6.45, 7) is -0.0499. The van der Waals surface area contributed by atoms with Crippen LogP contribution in [0.1, 0.15) is 48.7 Å². The number of carbonyl (C=O) groups is 4. The highest BCUT2D eigenvalue weighted by Gasteiger charge is 2.44. The van der Waals surface area contributed by atoms with E-state index in [0.717, 1.165) is 16.8 Å². The zero-order chi connectivity index (χ0) is 35.5. The van der Waals surface area contributed by atoms with Crippen molar-refractivity contribution in [1.29, 1.82) is 0 Å². The Morgan fingerprint density at radius 3 is 2.46 bits per heavy atom. The molecule has 1 aromatic heterocycles. The van der Waals surface area contributed by atoms with Gasteiger partial charge in [0.15, 0.2) is 6.23 Å². The van der Waals surface area contributed by atoms with Gasteiger partial charge in [0, 0.05) is 31.8 Å². The number of aromatic amines is 1. The fraction of sp³-hybridized carbons (Fsp3) is 0.500. The lowest BCUT2D eigenvalue weighted by Crippen LogP contribution is -2.50. The van der Waals surface area contributed by atoms with E-state index < -0.39 is 78.6 Å². The topological polar surface area (TPSA) is 311 Å². The average molecular weight is 677 g/mol. The van der Waals surface area contributed by atoms with Crippen molar-refractivity contribution >= 4 is 36.2 Å². The molecule has 0 bridgehead atoms. The smallest absolute Gasteiger partial charge is 0.488 e. The molecule has 0 saturated carbocycles. The molecule has 19 nitrogen and oxygen atoms in total. The van der Waals surface area contributed by atoms with Gasteiger partial charge >= 0.3 is 12.8 Å². The monoisotopic (exact) mass is 677 g/mol. The van der Waals surface area contributed by atoms with Gasteiger partial charge in [0.25, 0.3) is 11.5 Å². The van der Waals surface area contributed by atoms with Gasteiger partial charge in [-0.15, -0.1) is 0 Å². The van der Waals surface area contributed by atoms with Crippen LogP contribution in [0.5, 0.6) is 5.75 Å². The standard InChI is InChI=1S/C28H40BN7O12/c1-47-18-7-5-14(29(45)46)12-15(18)25(42)32-10-3-2-4-16(30)26(43)34-17(24(31)41)6-8-20(37)33-13-19-22(39)23(40)27(48-19)36-11-9-21(38)35-28(36)44/h5,7,9,11-12,16-17,19,22-23,27,39-40,45-46H,2-4,6,8,10,13,30H2,1H3,(H2,31,41)(H,32,42)(H,33,37)(H,34,43)(H,35,38,44)/t16-,17-,19+,22+,23+,27+/m0/s1. The van der Waals surface area contributed by atoms with Crippen molar-refractivity contribution in [2.45, 2.75) is 68.7 Å². The van der Waals surface area contributed by atoms with E-state index in [9.17, 15) is 49.0 Å². The third kappa shape index (κ3) is 10.2. The van der Waals surface area contributed by atoms with Crippen LogP contribution in [-0.4, -0.2) is 111 Å². The number of benzene rings is 1. The molecule has 262 valence electrons. The Morgan fingerprint density at radius 1 is 1.08 bits per heavy atom. The zero-order valence-corrected chi connectivity index (χ0v) is 26.0. The number of rotatable bonds is 17. The fourth-order valence-electron chi connectivity index (χ4n) is 4.88. The first-order chi connectivity index (χ1) is 22.7. The molecular weight excluding hydrogens is 637 g/mol. The molecule has 0 spiro atoms. The van der Waals surface area contributed by atoms with Crippen LogP contribution >= 0.6 is 0 Å². The number of carbonyl (C=O) groups excluding carboxylic acids is 4. The van der Waals surface area contributed by atoms with Crippen LogP contribution in [-0.2, 0) is 19.1 Å². The Kier molecular flexibility index (Phi) is 13.8. The van der Waals surface area contributed by atoms with E-state index in [-0.39, 0.29) is 49.1 Å². The van der Waals surface area contributed by atoms with Crippen molar-refractivity contribution in [3.05, 3.63) is 56.9 Å². The highest BCUT2D eigenvalue weighted by atomic mass is 16.6. The first-order valence-electron chi connectivity index (χ1n) is 15.0. The first kappa shape index (κ1) is 37.9. The summed E-state index contributed by atoms with van der Waals surface area (Å²) in [5, 5.41) is 47.0. The van der Waals surface area contributed by atoms with Crippen molar-refractivity contribution < 1.29 is 48.9 Å².